The number of aromatic nitrogens is 2. The molecule has 0 fully saturated rings. The first kappa shape index (κ1) is 10.0. The summed E-state index contributed by atoms with van der Waals surface area (Å²) < 4.78 is 0.699. The summed E-state index contributed by atoms with van der Waals surface area (Å²) in [4.78, 5) is 9.66. The van der Waals surface area contributed by atoms with Crippen molar-refractivity contribution in [2.24, 2.45) is 0 Å². The molecule has 0 saturated carbocycles. The van der Waals surface area contributed by atoms with Gasteiger partial charge in [-0.25, -0.2) is 9.97 Å². The van der Waals surface area contributed by atoms with Crippen molar-refractivity contribution < 1.29 is 0 Å². The minimum atomic E-state index is 0.699. The number of hydrogen-bond acceptors (Lipinski definition) is 5. The molecule has 6 heteroatoms. The zero-order valence-corrected chi connectivity index (χ0v) is 9.84. The first-order valence-electron chi connectivity index (χ1n) is 4.00. The van der Waals surface area contributed by atoms with Crippen molar-refractivity contribution in [1.29, 1.82) is 0 Å². The molecule has 74 valence electrons. The summed E-state index contributed by atoms with van der Waals surface area (Å²) in [5.41, 5.74) is 0. The van der Waals surface area contributed by atoms with E-state index < -0.39 is 0 Å². The van der Waals surface area contributed by atoms with E-state index in [4.69, 9.17) is 11.6 Å². The molecular weight excluding hydrogens is 238 g/mol. The normalized spacial score (nSPS) is 10.7. The fourth-order valence-corrected chi connectivity index (χ4v) is 2.88. The maximum atomic E-state index is 5.80. The molecule has 1 N–H and O–H groups in total. The molecule has 0 aliphatic rings. The Morgan fingerprint density at radius 1 is 1.29 bits per heavy atom. The van der Waals surface area contributed by atoms with Crippen LogP contribution in [0.3, 0.4) is 0 Å². The van der Waals surface area contributed by atoms with E-state index in [-0.39, 0.29) is 0 Å². The van der Waals surface area contributed by atoms with Gasteiger partial charge in [0, 0.05) is 17.6 Å². The largest absolute Gasteiger partial charge is 0.315 e. The van der Waals surface area contributed by atoms with Gasteiger partial charge in [0.25, 0.3) is 0 Å². The van der Waals surface area contributed by atoms with Gasteiger partial charge >= 0.3 is 0 Å². The SMILES string of the molecule is CNCc1cnc(-c2ncc(Cl)s2)s1. The molecule has 0 amide bonds. The number of hydrogen-bond donors (Lipinski definition) is 1. The van der Waals surface area contributed by atoms with Crippen LogP contribution in [0, 0.1) is 0 Å². The zero-order valence-electron chi connectivity index (χ0n) is 7.45. The number of thiazole rings is 2. The van der Waals surface area contributed by atoms with E-state index in [1.54, 1.807) is 17.5 Å². The van der Waals surface area contributed by atoms with Crippen molar-refractivity contribution in [2.75, 3.05) is 7.05 Å². The smallest absolute Gasteiger partial charge is 0.153 e. The second-order valence-electron chi connectivity index (χ2n) is 2.63. The highest BCUT2D eigenvalue weighted by atomic mass is 35.5. The van der Waals surface area contributed by atoms with Crippen molar-refractivity contribution in [3.8, 4) is 10.0 Å². The molecule has 0 aromatic carbocycles. The van der Waals surface area contributed by atoms with E-state index in [1.165, 1.54) is 16.2 Å². The molecule has 2 heterocycles. The molecule has 0 atom stereocenters. The monoisotopic (exact) mass is 245 g/mol. The standard InChI is InChI=1S/C8H8ClN3S2/c1-10-2-5-3-11-7(13-5)8-12-4-6(9)14-8/h3-4,10H,2H2,1H3. The predicted molar refractivity (Wildman–Crippen MR) is 61.0 cm³/mol. The summed E-state index contributed by atoms with van der Waals surface area (Å²) in [7, 11) is 1.92. The Balaban J connectivity index is 2.24. The van der Waals surface area contributed by atoms with E-state index >= 15 is 0 Å². The third kappa shape index (κ3) is 2.12. The first-order chi connectivity index (χ1) is 6.79. The topological polar surface area (TPSA) is 37.8 Å². The Morgan fingerprint density at radius 2 is 2.00 bits per heavy atom. The highest BCUT2D eigenvalue weighted by Crippen LogP contribution is 2.30. The van der Waals surface area contributed by atoms with Crippen molar-refractivity contribution in [3.05, 3.63) is 21.6 Å². The number of nitrogens with one attached hydrogen (secondary N) is 1. The summed E-state index contributed by atoms with van der Waals surface area (Å²) in [6.45, 7) is 0.844. The van der Waals surface area contributed by atoms with E-state index in [0.717, 1.165) is 16.6 Å². The van der Waals surface area contributed by atoms with Gasteiger partial charge in [0.1, 0.15) is 4.34 Å². The molecule has 0 bridgehead atoms. The van der Waals surface area contributed by atoms with Gasteiger partial charge in [0.05, 0.1) is 6.20 Å². The van der Waals surface area contributed by atoms with Gasteiger partial charge < -0.3 is 5.32 Å². The molecular formula is C8H8ClN3S2. The van der Waals surface area contributed by atoms with E-state index in [0.29, 0.717) is 4.34 Å². The predicted octanol–water partition coefficient (Wildman–Crippen LogP) is 2.64. The molecule has 3 nitrogen and oxygen atoms in total. The van der Waals surface area contributed by atoms with Crippen LogP contribution in [0.15, 0.2) is 12.4 Å². The van der Waals surface area contributed by atoms with E-state index in [1.807, 2.05) is 13.2 Å². The third-order valence-corrected chi connectivity index (χ3v) is 3.82. The Kier molecular flexibility index (Phi) is 3.12. The van der Waals surface area contributed by atoms with Crippen LogP contribution in [0.2, 0.25) is 4.34 Å². The number of halogens is 1. The van der Waals surface area contributed by atoms with Crippen LogP contribution >= 0.6 is 34.3 Å². The van der Waals surface area contributed by atoms with Gasteiger partial charge in [-0.15, -0.1) is 11.3 Å². The summed E-state index contributed by atoms with van der Waals surface area (Å²) >= 11 is 8.89. The molecule has 0 unspecified atom stereocenters. The third-order valence-electron chi connectivity index (χ3n) is 1.57. The summed E-state index contributed by atoms with van der Waals surface area (Å²) in [6.07, 6.45) is 3.52. The zero-order chi connectivity index (χ0) is 9.97. The Morgan fingerprint density at radius 3 is 2.64 bits per heavy atom. The van der Waals surface area contributed by atoms with E-state index in [2.05, 4.69) is 15.3 Å². The Labute approximate surface area is 94.8 Å². The lowest BCUT2D eigenvalue weighted by molar-refractivity contribution is 0.829. The first-order valence-corrected chi connectivity index (χ1v) is 6.01. The number of rotatable bonds is 3. The van der Waals surface area contributed by atoms with Crippen LogP contribution in [0.1, 0.15) is 4.88 Å². The maximum absolute atomic E-state index is 5.80. The minimum Gasteiger partial charge on any atom is -0.315 e. The Bertz CT molecular complexity index is 424. The van der Waals surface area contributed by atoms with Crippen LogP contribution in [-0.4, -0.2) is 17.0 Å². The average Bonchev–Trinajstić information content (AvgIpc) is 2.74. The lowest BCUT2D eigenvalue weighted by atomic mass is 10.5. The van der Waals surface area contributed by atoms with Crippen molar-refractivity contribution in [2.45, 2.75) is 6.54 Å². The lowest BCUT2D eigenvalue weighted by Crippen LogP contribution is -2.02. The van der Waals surface area contributed by atoms with Gasteiger partial charge in [0.2, 0.25) is 0 Å². The van der Waals surface area contributed by atoms with Crippen molar-refractivity contribution in [3.63, 3.8) is 0 Å². The van der Waals surface area contributed by atoms with Gasteiger partial charge in [-0.3, -0.25) is 0 Å². The van der Waals surface area contributed by atoms with Crippen molar-refractivity contribution in [1.82, 2.24) is 15.3 Å². The minimum absolute atomic E-state index is 0.699. The summed E-state index contributed by atoms with van der Waals surface area (Å²) in [6, 6.07) is 0. The molecule has 0 aliphatic heterocycles. The highest BCUT2D eigenvalue weighted by Gasteiger charge is 2.07. The molecule has 0 aliphatic carbocycles. The van der Waals surface area contributed by atoms with Crippen LogP contribution in [0.25, 0.3) is 10.0 Å². The van der Waals surface area contributed by atoms with Crippen LogP contribution in [0.4, 0.5) is 0 Å². The summed E-state index contributed by atoms with van der Waals surface area (Å²) in [5, 5.41) is 4.91. The maximum Gasteiger partial charge on any atom is 0.153 e. The van der Waals surface area contributed by atoms with Gasteiger partial charge in [-0.2, -0.15) is 0 Å². The Hall–Kier alpha value is -0.490. The second kappa shape index (κ2) is 4.35. The lowest BCUT2D eigenvalue weighted by Gasteiger charge is -1.89. The second-order valence-corrected chi connectivity index (χ2v) is 5.41. The van der Waals surface area contributed by atoms with Crippen LogP contribution in [-0.2, 0) is 6.54 Å². The summed E-state index contributed by atoms with van der Waals surface area (Å²) in [5.74, 6) is 0. The van der Waals surface area contributed by atoms with Gasteiger partial charge in [-0.1, -0.05) is 22.9 Å². The molecule has 0 saturated heterocycles. The molecule has 2 rings (SSSR count). The number of nitrogens with zero attached hydrogens (tertiary/aromatic N) is 2. The highest BCUT2D eigenvalue weighted by molar-refractivity contribution is 7.23. The molecule has 2 aromatic heterocycles. The molecule has 0 radical (unpaired) electrons. The molecule has 0 spiro atoms. The van der Waals surface area contributed by atoms with Crippen molar-refractivity contribution >= 4 is 34.3 Å². The van der Waals surface area contributed by atoms with E-state index in [9.17, 15) is 0 Å². The van der Waals surface area contributed by atoms with Crippen LogP contribution < -0.4 is 5.32 Å². The average molecular weight is 246 g/mol. The molecule has 2 aromatic rings. The van der Waals surface area contributed by atoms with Gasteiger partial charge in [0.15, 0.2) is 10.0 Å². The van der Waals surface area contributed by atoms with Gasteiger partial charge in [-0.05, 0) is 7.05 Å². The van der Waals surface area contributed by atoms with Crippen LogP contribution in [0.5, 0.6) is 0 Å². The fraction of sp³-hybridized carbons (Fsp3) is 0.250. The quantitative estimate of drug-likeness (QED) is 0.904. The fourth-order valence-electron chi connectivity index (χ4n) is 1.02. The molecule has 14 heavy (non-hydrogen) atoms.